The van der Waals surface area contributed by atoms with Crippen LogP contribution in [0.4, 0.5) is 6.01 Å². The Balaban J connectivity index is 1.48. The second-order valence-electron chi connectivity index (χ2n) is 5.61. The van der Waals surface area contributed by atoms with Crippen LogP contribution in [0, 0.1) is 0 Å². The molecule has 2 aromatic rings. The van der Waals surface area contributed by atoms with E-state index in [1.165, 1.54) is 0 Å². The van der Waals surface area contributed by atoms with E-state index in [1.807, 2.05) is 42.6 Å². The Bertz CT molecular complexity index is 887. The fourth-order valence-electron chi connectivity index (χ4n) is 2.69. The van der Waals surface area contributed by atoms with E-state index in [4.69, 9.17) is 9.15 Å². The lowest BCUT2D eigenvalue weighted by Crippen LogP contribution is -2.31. The maximum atomic E-state index is 5.71. The zero-order chi connectivity index (χ0) is 17.2. The number of methoxy groups -OCH3 is 1. The van der Waals surface area contributed by atoms with Crippen LogP contribution in [0.5, 0.6) is 5.75 Å². The van der Waals surface area contributed by atoms with Crippen LogP contribution in [0.1, 0.15) is 11.5 Å². The summed E-state index contributed by atoms with van der Waals surface area (Å²) < 4.78 is 11.9. The molecule has 2 aliphatic rings. The van der Waals surface area contributed by atoms with Gasteiger partial charge in [0.1, 0.15) is 5.75 Å². The molecule has 0 fully saturated rings. The molecule has 128 valence electrons. The molecule has 7 nitrogen and oxygen atoms in total. The summed E-state index contributed by atoms with van der Waals surface area (Å²) in [5.74, 6) is 1.34. The Labute approximate surface area is 152 Å². The molecule has 2 heterocycles. The van der Waals surface area contributed by atoms with Gasteiger partial charge in [0.15, 0.2) is 0 Å². The van der Waals surface area contributed by atoms with Crippen LogP contribution in [0.15, 0.2) is 62.8 Å². The molecule has 1 unspecified atom stereocenters. The molecule has 0 spiro atoms. The molecule has 0 saturated carbocycles. The minimum Gasteiger partial charge on any atom is -0.497 e. The summed E-state index contributed by atoms with van der Waals surface area (Å²) >= 11 is 3.61. The van der Waals surface area contributed by atoms with E-state index >= 15 is 0 Å². The number of nitrogens with zero attached hydrogens (tertiary/aromatic N) is 2. The number of nitrogens with one attached hydrogen (secondary N) is 3. The molecule has 0 radical (unpaired) electrons. The number of anilines is 1. The highest BCUT2D eigenvalue weighted by molar-refractivity contribution is 9.12. The number of rotatable bonds is 5. The summed E-state index contributed by atoms with van der Waals surface area (Å²) in [5, 5.41) is 11.3. The van der Waals surface area contributed by atoms with E-state index in [0.29, 0.717) is 18.3 Å². The predicted molar refractivity (Wildman–Crippen MR) is 97.0 cm³/mol. The molecule has 8 heteroatoms. The van der Waals surface area contributed by atoms with E-state index < -0.39 is 0 Å². The third-order valence-electron chi connectivity index (χ3n) is 3.94. The molecule has 1 aromatic carbocycles. The summed E-state index contributed by atoms with van der Waals surface area (Å²) in [6.45, 7) is 0. The Hall–Kier alpha value is -2.58. The van der Waals surface area contributed by atoms with Gasteiger partial charge in [0.05, 0.1) is 25.3 Å². The number of aromatic nitrogens is 2. The van der Waals surface area contributed by atoms with Gasteiger partial charge in [-0.3, -0.25) is 0 Å². The summed E-state index contributed by atoms with van der Waals surface area (Å²) in [6, 6.07) is 8.30. The fourth-order valence-corrected chi connectivity index (χ4v) is 3.29. The van der Waals surface area contributed by atoms with Gasteiger partial charge in [-0.25, -0.2) is 5.43 Å². The van der Waals surface area contributed by atoms with Gasteiger partial charge in [0, 0.05) is 16.3 Å². The molecule has 25 heavy (non-hydrogen) atoms. The van der Waals surface area contributed by atoms with Gasteiger partial charge in [-0.2, -0.15) is 0 Å². The van der Waals surface area contributed by atoms with Crippen molar-refractivity contribution in [1.82, 2.24) is 21.0 Å². The normalized spacial score (nSPS) is 18.6. The van der Waals surface area contributed by atoms with Crippen LogP contribution in [0.3, 0.4) is 0 Å². The highest BCUT2D eigenvalue weighted by Crippen LogP contribution is 2.31. The first-order chi connectivity index (χ1) is 12.2. The number of benzene rings is 1. The highest BCUT2D eigenvalue weighted by Gasteiger charge is 2.24. The van der Waals surface area contributed by atoms with Gasteiger partial charge in [-0.1, -0.05) is 23.3 Å². The molecule has 0 bridgehead atoms. The van der Waals surface area contributed by atoms with Crippen LogP contribution in [0.25, 0.3) is 0 Å². The van der Waals surface area contributed by atoms with Gasteiger partial charge >= 0.3 is 6.01 Å². The van der Waals surface area contributed by atoms with Crippen molar-refractivity contribution in [3.05, 3.63) is 69.8 Å². The largest absolute Gasteiger partial charge is 0.497 e. The Kier molecular flexibility index (Phi) is 4.29. The Morgan fingerprint density at radius 1 is 1.36 bits per heavy atom. The lowest BCUT2D eigenvalue weighted by molar-refractivity contribution is 0.414. The summed E-state index contributed by atoms with van der Waals surface area (Å²) in [4.78, 5) is 0. The summed E-state index contributed by atoms with van der Waals surface area (Å²) in [5.41, 5.74) is 9.16. The van der Waals surface area contributed by atoms with Crippen LogP contribution in [-0.2, 0) is 6.42 Å². The standard InChI is InChI=1S/C17H16BrN5O2/c1-24-11-4-2-3-10(7-11)8-15-22-23-17(25-15)20-14-6-5-13-12(16(14)18)9-19-21-13/h2-7,9,13,19,21H,8H2,1H3,(H,20,23). The third kappa shape index (κ3) is 3.31. The topological polar surface area (TPSA) is 84.2 Å². The maximum Gasteiger partial charge on any atom is 0.320 e. The zero-order valence-corrected chi connectivity index (χ0v) is 15.0. The molecular weight excluding hydrogens is 386 g/mol. The number of fused-ring (bicyclic) bond motifs is 1. The molecule has 1 aliphatic carbocycles. The van der Waals surface area contributed by atoms with Crippen LogP contribution in [0.2, 0.25) is 0 Å². The number of hydrogen-bond acceptors (Lipinski definition) is 7. The molecule has 0 amide bonds. The molecule has 1 aliphatic heterocycles. The molecule has 1 atom stereocenters. The van der Waals surface area contributed by atoms with Crippen LogP contribution in [-0.4, -0.2) is 23.3 Å². The van der Waals surface area contributed by atoms with Crippen LogP contribution < -0.4 is 20.9 Å². The lowest BCUT2D eigenvalue weighted by atomic mass is 10.0. The lowest BCUT2D eigenvalue weighted by Gasteiger charge is -2.17. The van der Waals surface area contributed by atoms with Crippen molar-refractivity contribution in [3.63, 3.8) is 0 Å². The van der Waals surface area contributed by atoms with E-state index in [9.17, 15) is 0 Å². The Morgan fingerprint density at radius 2 is 2.28 bits per heavy atom. The second kappa shape index (κ2) is 6.73. The minimum atomic E-state index is 0.159. The number of ether oxygens (including phenoxy) is 1. The first-order valence-corrected chi connectivity index (χ1v) is 8.54. The van der Waals surface area contributed by atoms with Crippen molar-refractivity contribution >= 4 is 21.9 Å². The quantitative estimate of drug-likeness (QED) is 0.709. The number of hydrazine groups is 1. The smallest absolute Gasteiger partial charge is 0.320 e. The molecule has 0 saturated heterocycles. The maximum absolute atomic E-state index is 5.71. The van der Waals surface area contributed by atoms with E-state index in [0.717, 1.165) is 27.1 Å². The molecule has 4 rings (SSSR count). The minimum absolute atomic E-state index is 0.159. The van der Waals surface area contributed by atoms with Crippen molar-refractivity contribution in [3.8, 4) is 5.75 Å². The summed E-state index contributed by atoms with van der Waals surface area (Å²) in [7, 11) is 1.65. The van der Waals surface area contributed by atoms with Crippen molar-refractivity contribution in [2.24, 2.45) is 0 Å². The van der Waals surface area contributed by atoms with E-state index in [-0.39, 0.29) is 6.04 Å². The second-order valence-corrected chi connectivity index (χ2v) is 6.40. The van der Waals surface area contributed by atoms with E-state index in [2.05, 4.69) is 42.3 Å². The molecule has 3 N–H and O–H groups in total. The van der Waals surface area contributed by atoms with Crippen LogP contribution >= 0.6 is 15.9 Å². The SMILES string of the molecule is COc1cccc(Cc2nnc(NC3=C(Br)C4=CNNC4C=C3)o2)c1. The van der Waals surface area contributed by atoms with Crippen molar-refractivity contribution in [2.75, 3.05) is 12.4 Å². The first-order valence-electron chi connectivity index (χ1n) is 7.75. The van der Waals surface area contributed by atoms with Crippen molar-refractivity contribution in [2.45, 2.75) is 12.5 Å². The van der Waals surface area contributed by atoms with E-state index in [1.54, 1.807) is 7.11 Å². The first kappa shape index (κ1) is 15.9. The average Bonchev–Trinajstić information content (AvgIpc) is 3.27. The molecule has 1 aromatic heterocycles. The molecular formula is C17H16BrN5O2. The van der Waals surface area contributed by atoms with Gasteiger partial charge in [-0.05, 0) is 39.7 Å². The monoisotopic (exact) mass is 401 g/mol. The number of allylic oxidation sites excluding steroid dienone is 1. The zero-order valence-electron chi connectivity index (χ0n) is 13.4. The number of halogens is 1. The van der Waals surface area contributed by atoms with Crippen molar-refractivity contribution < 1.29 is 9.15 Å². The van der Waals surface area contributed by atoms with Crippen molar-refractivity contribution in [1.29, 1.82) is 0 Å². The fraction of sp³-hybridized carbons (Fsp3) is 0.176. The highest BCUT2D eigenvalue weighted by atomic mass is 79.9. The summed E-state index contributed by atoms with van der Waals surface area (Å²) in [6.07, 6.45) is 6.48. The number of hydrogen-bond donors (Lipinski definition) is 3. The van der Waals surface area contributed by atoms with Gasteiger partial charge in [0.25, 0.3) is 0 Å². The average molecular weight is 402 g/mol. The Morgan fingerprint density at radius 3 is 3.16 bits per heavy atom. The van der Waals surface area contributed by atoms with Gasteiger partial charge in [0.2, 0.25) is 5.89 Å². The van der Waals surface area contributed by atoms with Gasteiger partial charge < -0.3 is 19.9 Å². The third-order valence-corrected chi connectivity index (χ3v) is 4.83. The van der Waals surface area contributed by atoms with Gasteiger partial charge in [-0.15, -0.1) is 5.10 Å². The predicted octanol–water partition coefficient (Wildman–Crippen LogP) is 2.62.